The lowest BCUT2D eigenvalue weighted by Crippen LogP contribution is -2.22. The first-order valence-electron chi connectivity index (χ1n) is 6.91. The molecule has 11 heteroatoms. The number of carbonyl (C=O) groups is 2. The third-order valence-electron chi connectivity index (χ3n) is 2.95. The third kappa shape index (κ3) is 5.09. The molecule has 0 radical (unpaired) electrons. The number of halogens is 4. The van der Waals surface area contributed by atoms with Gasteiger partial charge in [-0.1, -0.05) is 11.6 Å². The summed E-state index contributed by atoms with van der Waals surface area (Å²) in [6.45, 7) is -0.666. The van der Waals surface area contributed by atoms with Crippen LogP contribution in [0, 0.1) is 0 Å². The van der Waals surface area contributed by atoms with Gasteiger partial charge in [0.25, 0.3) is 5.91 Å². The van der Waals surface area contributed by atoms with Crippen molar-refractivity contribution in [3.8, 4) is 0 Å². The number of hydrogen-bond acceptors (Lipinski definition) is 6. The fourth-order valence-corrected chi connectivity index (χ4v) is 2.52. The van der Waals surface area contributed by atoms with Crippen molar-refractivity contribution in [1.29, 1.82) is 0 Å². The number of thioether (sulfide) groups is 1. The highest BCUT2D eigenvalue weighted by molar-refractivity contribution is 7.98. The monoisotopic (exact) mass is 405 g/mol. The Hall–Kier alpha value is -2.33. The number of anilines is 1. The summed E-state index contributed by atoms with van der Waals surface area (Å²) < 4.78 is 42.5. The van der Waals surface area contributed by atoms with Crippen LogP contribution in [0.3, 0.4) is 0 Å². The third-order valence-corrected chi connectivity index (χ3v) is 3.95. The van der Waals surface area contributed by atoms with Crippen molar-refractivity contribution in [3.05, 3.63) is 46.7 Å². The smallest absolute Gasteiger partial charge is 0.417 e. The molecule has 6 nitrogen and oxygen atoms in total. The average Bonchev–Trinajstić information content (AvgIpc) is 2.60. The summed E-state index contributed by atoms with van der Waals surface area (Å²) in [6.07, 6.45) is -0.834. The second-order valence-electron chi connectivity index (χ2n) is 4.74. The van der Waals surface area contributed by atoms with Gasteiger partial charge in [-0.3, -0.25) is 4.79 Å². The number of nitrogens with one attached hydrogen (secondary N) is 1. The van der Waals surface area contributed by atoms with Crippen LogP contribution < -0.4 is 5.32 Å². The van der Waals surface area contributed by atoms with Gasteiger partial charge in [-0.25, -0.2) is 14.8 Å². The molecule has 2 aromatic rings. The molecule has 0 aromatic carbocycles. The zero-order chi connectivity index (χ0) is 19.3. The van der Waals surface area contributed by atoms with E-state index in [-0.39, 0.29) is 11.4 Å². The number of aromatic nitrogens is 2. The van der Waals surface area contributed by atoms with Gasteiger partial charge in [-0.05, 0) is 24.5 Å². The Kier molecular flexibility index (Phi) is 6.43. The van der Waals surface area contributed by atoms with E-state index in [1.165, 1.54) is 24.0 Å². The Balaban J connectivity index is 1.98. The maximum Gasteiger partial charge on any atom is 0.417 e. The summed E-state index contributed by atoms with van der Waals surface area (Å²) in [7, 11) is 0. The molecule has 0 spiro atoms. The van der Waals surface area contributed by atoms with Crippen LogP contribution in [0.4, 0.5) is 19.0 Å². The molecular formula is C15H11ClF3N3O3S. The molecule has 0 unspecified atom stereocenters. The van der Waals surface area contributed by atoms with Crippen LogP contribution in [-0.4, -0.2) is 34.7 Å². The lowest BCUT2D eigenvalue weighted by atomic mass is 10.3. The van der Waals surface area contributed by atoms with Crippen LogP contribution in [0.1, 0.15) is 15.9 Å². The number of carbonyl (C=O) groups excluding carboxylic acids is 2. The summed E-state index contributed by atoms with van der Waals surface area (Å²) in [5, 5.41) is 2.22. The molecule has 2 heterocycles. The number of amides is 1. The second kappa shape index (κ2) is 8.37. The second-order valence-corrected chi connectivity index (χ2v) is 5.94. The fraction of sp³-hybridized carbons (Fsp3) is 0.200. The van der Waals surface area contributed by atoms with E-state index in [2.05, 4.69) is 15.3 Å². The van der Waals surface area contributed by atoms with E-state index in [0.717, 1.165) is 0 Å². The Morgan fingerprint density at radius 3 is 2.69 bits per heavy atom. The Morgan fingerprint density at radius 2 is 2.08 bits per heavy atom. The predicted molar refractivity (Wildman–Crippen MR) is 89.2 cm³/mol. The van der Waals surface area contributed by atoms with Gasteiger partial charge in [0.15, 0.2) is 12.4 Å². The molecule has 0 saturated heterocycles. The molecule has 138 valence electrons. The Bertz CT molecular complexity index is 833. The minimum absolute atomic E-state index is 0.193. The molecule has 2 aromatic heterocycles. The molecule has 0 aliphatic heterocycles. The minimum Gasteiger partial charge on any atom is -0.452 e. The van der Waals surface area contributed by atoms with Gasteiger partial charge >= 0.3 is 12.1 Å². The lowest BCUT2D eigenvalue weighted by Gasteiger charge is -2.10. The first-order valence-corrected chi connectivity index (χ1v) is 8.51. The van der Waals surface area contributed by atoms with Gasteiger partial charge in [-0.2, -0.15) is 13.2 Å². The van der Waals surface area contributed by atoms with E-state index < -0.39 is 35.2 Å². The number of pyridine rings is 2. The van der Waals surface area contributed by atoms with Gasteiger partial charge in [0.05, 0.1) is 16.1 Å². The number of alkyl halides is 3. The van der Waals surface area contributed by atoms with Gasteiger partial charge < -0.3 is 10.1 Å². The maximum atomic E-state index is 12.5. The SMILES string of the molecule is CSc1ncccc1C(=O)OCC(=O)Nc1ncc(C(F)(F)F)cc1Cl. The van der Waals surface area contributed by atoms with Gasteiger partial charge in [-0.15, -0.1) is 11.8 Å². The van der Waals surface area contributed by atoms with Crippen molar-refractivity contribution >= 4 is 41.1 Å². The summed E-state index contributed by atoms with van der Waals surface area (Å²) in [5.74, 6) is -1.84. The normalized spacial score (nSPS) is 11.1. The van der Waals surface area contributed by atoms with Crippen molar-refractivity contribution < 1.29 is 27.5 Å². The highest BCUT2D eigenvalue weighted by atomic mass is 35.5. The van der Waals surface area contributed by atoms with Crippen molar-refractivity contribution in [2.75, 3.05) is 18.2 Å². The van der Waals surface area contributed by atoms with Crippen LogP contribution in [0.5, 0.6) is 0 Å². The van der Waals surface area contributed by atoms with Crippen molar-refractivity contribution in [2.24, 2.45) is 0 Å². The van der Waals surface area contributed by atoms with Crippen LogP contribution >= 0.6 is 23.4 Å². The van der Waals surface area contributed by atoms with Crippen LogP contribution in [0.25, 0.3) is 0 Å². The highest BCUT2D eigenvalue weighted by Crippen LogP contribution is 2.32. The zero-order valence-electron chi connectivity index (χ0n) is 13.1. The number of ether oxygens (including phenoxy) is 1. The van der Waals surface area contributed by atoms with Crippen LogP contribution in [0.15, 0.2) is 35.6 Å². The van der Waals surface area contributed by atoms with Gasteiger partial charge in [0, 0.05) is 12.4 Å². The molecule has 0 aliphatic rings. The highest BCUT2D eigenvalue weighted by Gasteiger charge is 2.31. The molecule has 2 rings (SSSR count). The molecule has 0 aliphatic carbocycles. The summed E-state index contributed by atoms with van der Waals surface area (Å²) in [5.41, 5.74) is -0.855. The largest absolute Gasteiger partial charge is 0.452 e. The lowest BCUT2D eigenvalue weighted by molar-refractivity contribution is -0.137. The molecule has 26 heavy (non-hydrogen) atoms. The number of esters is 1. The Labute approximate surface area is 155 Å². The molecule has 0 fully saturated rings. The summed E-state index contributed by atoms with van der Waals surface area (Å²) >= 11 is 6.92. The number of nitrogens with zero attached hydrogens (tertiary/aromatic N) is 2. The van der Waals surface area contributed by atoms with Crippen molar-refractivity contribution in [2.45, 2.75) is 11.2 Å². The van der Waals surface area contributed by atoms with Crippen LogP contribution in [-0.2, 0) is 15.7 Å². The molecule has 1 amide bonds. The van der Waals surface area contributed by atoms with E-state index in [1.807, 2.05) is 0 Å². The first kappa shape index (κ1) is 20.0. The molecule has 1 N–H and O–H groups in total. The number of hydrogen-bond donors (Lipinski definition) is 1. The fourth-order valence-electron chi connectivity index (χ4n) is 1.77. The standard InChI is InChI=1S/C15H11ClF3N3O3S/c1-26-13-9(3-2-4-20-13)14(24)25-7-11(23)22-12-10(16)5-8(6-21-12)15(17,18)19/h2-6H,7H2,1H3,(H,21,22,23). The zero-order valence-corrected chi connectivity index (χ0v) is 14.7. The average molecular weight is 406 g/mol. The van der Waals surface area contributed by atoms with Crippen LogP contribution in [0.2, 0.25) is 5.02 Å². The minimum atomic E-state index is -4.60. The van der Waals surface area contributed by atoms with Gasteiger partial charge in [0.1, 0.15) is 5.03 Å². The molecule has 0 saturated carbocycles. The predicted octanol–water partition coefficient (Wildman–Crippen LogP) is 3.67. The molecule has 0 bridgehead atoms. The summed E-state index contributed by atoms with van der Waals surface area (Å²) in [6, 6.07) is 3.67. The van der Waals surface area contributed by atoms with E-state index in [4.69, 9.17) is 16.3 Å². The van der Waals surface area contributed by atoms with E-state index >= 15 is 0 Å². The summed E-state index contributed by atoms with van der Waals surface area (Å²) in [4.78, 5) is 31.2. The van der Waals surface area contributed by atoms with Crippen molar-refractivity contribution in [1.82, 2.24) is 9.97 Å². The number of rotatable bonds is 5. The molecular weight excluding hydrogens is 395 g/mol. The van der Waals surface area contributed by atoms with E-state index in [9.17, 15) is 22.8 Å². The Morgan fingerprint density at radius 1 is 1.35 bits per heavy atom. The van der Waals surface area contributed by atoms with E-state index in [0.29, 0.717) is 17.3 Å². The quantitative estimate of drug-likeness (QED) is 0.604. The topological polar surface area (TPSA) is 81.2 Å². The van der Waals surface area contributed by atoms with Crippen molar-refractivity contribution in [3.63, 3.8) is 0 Å². The first-order chi connectivity index (χ1) is 12.2. The van der Waals surface area contributed by atoms with Gasteiger partial charge in [0.2, 0.25) is 0 Å². The maximum absolute atomic E-state index is 12.5. The van der Waals surface area contributed by atoms with E-state index in [1.54, 1.807) is 12.3 Å². The molecule has 0 atom stereocenters.